The van der Waals surface area contributed by atoms with Gasteiger partial charge in [0.2, 0.25) is 0 Å². The predicted molar refractivity (Wildman–Crippen MR) is 84.4 cm³/mol. The third-order valence-corrected chi connectivity index (χ3v) is 2.92. The first-order valence-electron chi connectivity index (χ1n) is 6.69. The number of hydrazone groups is 1. The lowest BCUT2D eigenvalue weighted by Crippen LogP contribution is -2.32. The molecule has 0 fully saturated rings. The van der Waals surface area contributed by atoms with Crippen LogP contribution in [0.2, 0.25) is 0 Å². The Balaban J connectivity index is 1.94. The number of pyridine rings is 1. The van der Waals surface area contributed by atoms with Gasteiger partial charge in [-0.3, -0.25) is 14.6 Å². The normalized spacial score (nSPS) is 10.9. The number of amides is 2. The van der Waals surface area contributed by atoms with Gasteiger partial charge in [-0.25, -0.2) is 5.43 Å². The summed E-state index contributed by atoms with van der Waals surface area (Å²) >= 11 is 0. The van der Waals surface area contributed by atoms with E-state index in [1.807, 2.05) is 25.1 Å². The molecule has 2 amide bonds. The summed E-state index contributed by atoms with van der Waals surface area (Å²) in [7, 11) is 0. The number of nitrogens with zero attached hydrogens (tertiary/aromatic N) is 2. The summed E-state index contributed by atoms with van der Waals surface area (Å²) in [6.45, 7) is 3.66. The number of nitrogens with one attached hydrogen (secondary N) is 2. The number of aromatic nitrogens is 1. The molecule has 0 bridgehead atoms. The van der Waals surface area contributed by atoms with E-state index < -0.39 is 11.8 Å². The molecule has 1 heterocycles. The van der Waals surface area contributed by atoms with E-state index in [0.717, 1.165) is 11.1 Å². The van der Waals surface area contributed by atoms with Gasteiger partial charge in [0, 0.05) is 23.6 Å². The van der Waals surface area contributed by atoms with Gasteiger partial charge >= 0.3 is 11.8 Å². The molecule has 0 aliphatic carbocycles. The second kappa shape index (κ2) is 7.12. The van der Waals surface area contributed by atoms with Crippen molar-refractivity contribution >= 4 is 23.2 Å². The third-order valence-electron chi connectivity index (χ3n) is 2.92. The molecule has 2 N–H and O–H groups in total. The smallest absolute Gasteiger partial charge is 0.318 e. The molecule has 0 unspecified atom stereocenters. The van der Waals surface area contributed by atoms with Crippen LogP contribution in [-0.2, 0) is 9.59 Å². The molecule has 112 valence electrons. The molecule has 0 atom stereocenters. The van der Waals surface area contributed by atoms with E-state index in [0.29, 0.717) is 11.4 Å². The van der Waals surface area contributed by atoms with Crippen molar-refractivity contribution in [1.82, 2.24) is 10.4 Å². The Kier molecular flexibility index (Phi) is 4.98. The van der Waals surface area contributed by atoms with Gasteiger partial charge < -0.3 is 5.32 Å². The fourth-order valence-electron chi connectivity index (χ4n) is 1.65. The summed E-state index contributed by atoms with van der Waals surface area (Å²) < 4.78 is 0. The molecule has 1 aromatic heterocycles. The highest BCUT2D eigenvalue weighted by Crippen LogP contribution is 2.08. The molecule has 0 saturated heterocycles. The Morgan fingerprint density at radius 1 is 1.09 bits per heavy atom. The van der Waals surface area contributed by atoms with Crippen molar-refractivity contribution in [3.63, 3.8) is 0 Å². The zero-order chi connectivity index (χ0) is 15.9. The second-order valence-electron chi connectivity index (χ2n) is 4.70. The zero-order valence-corrected chi connectivity index (χ0v) is 12.3. The first-order chi connectivity index (χ1) is 10.6. The van der Waals surface area contributed by atoms with Crippen molar-refractivity contribution in [2.24, 2.45) is 5.10 Å². The molecule has 6 nitrogen and oxygen atoms in total. The Morgan fingerprint density at radius 2 is 1.82 bits per heavy atom. The minimum Gasteiger partial charge on any atom is -0.318 e. The van der Waals surface area contributed by atoms with Crippen molar-refractivity contribution in [1.29, 1.82) is 0 Å². The van der Waals surface area contributed by atoms with Crippen molar-refractivity contribution < 1.29 is 9.59 Å². The van der Waals surface area contributed by atoms with Gasteiger partial charge in [0.25, 0.3) is 0 Å². The van der Waals surface area contributed by atoms with Gasteiger partial charge in [0.1, 0.15) is 0 Å². The van der Waals surface area contributed by atoms with Crippen LogP contribution in [0, 0.1) is 6.92 Å². The number of aryl methyl sites for hydroxylation is 1. The highest BCUT2D eigenvalue weighted by atomic mass is 16.2. The van der Waals surface area contributed by atoms with E-state index in [1.54, 1.807) is 37.5 Å². The Hall–Kier alpha value is -3.02. The summed E-state index contributed by atoms with van der Waals surface area (Å²) in [6, 6.07) is 10.7. The number of rotatable bonds is 3. The molecule has 0 aliphatic rings. The van der Waals surface area contributed by atoms with E-state index in [-0.39, 0.29) is 0 Å². The van der Waals surface area contributed by atoms with Crippen LogP contribution in [0.1, 0.15) is 18.1 Å². The summed E-state index contributed by atoms with van der Waals surface area (Å²) in [4.78, 5) is 27.4. The number of hydrogen-bond acceptors (Lipinski definition) is 4. The lowest BCUT2D eigenvalue weighted by atomic mass is 10.2. The molecule has 6 heteroatoms. The van der Waals surface area contributed by atoms with Gasteiger partial charge in [-0.05, 0) is 32.0 Å². The summed E-state index contributed by atoms with van der Waals surface area (Å²) in [6.07, 6.45) is 3.27. The second-order valence-corrected chi connectivity index (χ2v) is 4.70. The monoisotopic (exact) mass is 296 g/mol. The van der Waals surface area contributed by atoms with Gasteiger partial charge in [-0.1, -0.05) is 23.8 Å². The van der Waals surface area contributed by atoms with E-state index in [9.17, 15) is 9.59 Å². The lowest BCUT2D eigenvalue weighted by molar-refractivity contribution is -0.136. The van der Waals surface area contributed by atoms with Crippen molar-refractivity contribution in [2.75, 3.05) is 5.32 Å². The highest BCUT2D eigenvalue weighted by Gasteiger charge is 2.13. The van der Waals surface area contributed by atoms with Gasteiger partial charge in [-0.15, -0.1) is 0 Å². The molecule has 2 rings (SSSR count). The molecule has 22 heavy (non-hydrogen) atoms. The van der Waals surface area contributed by atoms with E-state index in [2.05, 4.69) is 20.8 Å². The van der Waals surface area contributed by atoms with Crippen LogP contribution < -0.4 is 10.7 Å². The Labute approximate surface area is 128 Å². The SMILES string of the molecule is C/C(=N/NC(=O)C(=O)Nc1ccc(C)cc1)c1cccnc1. The molecule has 2 aromatic rings. The van der Waals surface area contributed by atoms with Crippen LogP contribution in [0.5, 0.6) is 0 Å². The maximum absolute atomic E-state index is 11.7. The molecule has 0 aliphatic heterocycles. The first-order valence-corrected chi connectivity index (χ1v) is 6.69. The summed E-state index contributed by atoms with van der Waals surface area (Å²) in [5.74, 6) is -1.60. The van der Waals surface area contributed by atoms with E-state index >= 15 is 0 Å². The summed E-state index contributed by atoms with van der Waals surface area (Å²) in [5, 5.41) is 6.39. The maximum Gasteiger partial charge on any atom is 0.329 e. The molecule has 0 radical (unpaired) electrons. The minimum absolute atomic E-state index is 0.554. The standard InChI is InChI=1S/C16H16N4O2/c1-11-5-7-14(8-6-11)18-15(21)16(22)20-19-12(2)13-4-3-9-17-10-13/h3-10H,1-2H3,(H,18,21)(H,20,22)/b19-12-. The number of anilines is 1. The van der Waals surface area contributed by atoms with Crippen LogP contribution in [0.3, 0.4) is 0 Å². The lowest BCUT2D eigenvalue weighted by Gasteiger charge is -2.05. The van der Waals surface area contributed by atoms with Crippen LogP contribution in [0.4, 0.5) is 5.69 Å². The van der Waals surface area contributed by atoms with Crippen molar-refractivity contribution in [2.45, 2.75) is 13.8 Å². The number of benzene rings is 1. The molecule has 1 aromatic carbocycles. The van der Waals surface area contributed by atoms with Crippen LogP contribution in [-0.4, -0.2) is 22.5 Å². The highest BCUT2D eigenvalue weighted by molar-refractivity contribution is 6.39. The van der Waals surface area contributed by atoms with Crippen molar-refractivity contribution in [3.8, 4) is 0 Å². The zero-order valence-electron chi connectivity index (χ0n) is 12.3. The van der Waals surface area contributed by atoms with E-state index in [4.69, 9.17) is 0 Å². The Bertz CT molecular complexity index is 694. The van der Waals surface area contributed by atoms with Crippen LogP contribution in [0.25, 0.3) is 0 Å². The van der Waals surface area contributed by atoms with Gasteiger partial charge in [0.15, 0.2) is 0 Å². The Morgan fingerprint density at radius 3 is 2.45 bits per heavy atom. The minimum atomic E-state index is -0.830. The van der Waals surface area contributed by atoms with Crippen molar-refractivity contribution in [3.05, 3.63) is 59.9 Å². The first kappa shape index (κ1) is 15.4. The number of carbonyl (C=O) groups is 2. The quantitative estimate of drug-likeness (QED) is 0.515. The maximum atomic E-state index is 11.7. The van der Waals surface area contributed by atoms with Gasteiger partial charge in [0.05, 0.1) is 5.71 Å². The number of hydrogen-bond donors (Lipinski definition) is 2. The molecular weight excluding hydrogens is 280 g/mol. The molecule has 0 spiro atoms. The fourth-order valence-corrected chi connectivity index (χ4v) is 1.65. The topological polar surface area (TPSA) is 83.5 Å². The van der Waals surface area contributed by atoms with Crippen LogP contribution >= 0.6 is 0 Å². The van der Waals surface area contributed by atoms with E-state index in [1.165, 1.54) is 0 Å². The average molecular weight is 296 g/mol. The average Bonchev–Trinajstić information content (AvgIpc) is 2.55. The number of carbonyl (C=O) groups excluding carboxylic acids is 2. The molecular formula is C16H16N4O2. The predicted octanol–water partition coefficient (Wildman–Crippen LogP) is 1.87. The fraction of sp³-hybridized carbons (Fsp3) is 0.125. The third kappa shape index (κ3) is 4.24. The largest absolute Gasteiger partial charge is 0.329 e. The summed E-state index contributed by atoms with van der Waals surface area (Å²) in [5.41, 5.74) is 5.17. The van der Waals surface area contributed by atoms with Crippen LogP contribution in [0.15, 0.2) is 53.9 Å². The van der Waals surface area contributed by atoms with Gasteiger partial charge in [-0.2, -0.15) is 5.10 Å². The molecule has 0 saturated carbocycles.